The predicted octanol–water partition coefficient (Wildman–Crippen LogP) is 1.99. The van der Waals surface area contributed by atoms with Crippen molar-refractivity contribution in [2.45, 2.75) is 18.9 Å². The number of halogens is 1. The molecule has 0 radical (unpaired) electrons. The van der Waals surface area contributed by atoms with Crippen LogP contribution in [0.2, 0.25) is 0 Å². The van der Waals surface area contributed by atoms with Crippen LogP contribution in [0.3, 0.4) is 0 Å². The van der Waals surface area contributed by atoms with E-state index in [4.69, 9.17) is 4.74 Å². The first-order chi connectivity index (χ1) is 7.26. The fourth-order valence-electron chi connectivity index (χ4n) is 1.51. The fourth-order valence-corrected chi connectivity index (χ4v) is 1.51. The normalized spacial score (nSPS) is 12.7. The van der Waals surface area contributed by atoms with Crippen LogP contribution in [0.15, 0.2) is 24.3 Å². The Morgan fingerprint density at radius 3 is 2.53 bits per heavy atom. The van der Waals surface area contributed by atoms with Gasteiger partial charge in [0.2, 0.25) is 0 Å². The second kappa shape index (κ2) is 6.53. The van der Waals surface area contributed by atoms with Crippen molar-refractivity contribution in [3.05, 3.63) is 35.6 Å². The molecule has 1 aromatic rings. The molecule has 0 fully saturated rings. The Balaban J connectivity index is 2.47. The van der Waals surface area contributed by atoms with E-state index in [1.807, 2.05) is 19.2 Å². The molecule has 0 heterocycles. The van der Waals surface area contributed by atoms with Crippen LogP contribution in [0.5, 0.6) is 0 Å². The van der Waals surface area contributed by atoms with Crippen molar-refractivity contribution in [3.63, 3.8) is 0 Å². The third kappa shape index (κ3) is 4.40. The van der Waals surface area contributed by atoms with Crippen molar-refractivity contribution < 1.29 is 9.13 Å². The first kappa shape index (κ1) is 12.1. The molecule has 0 spiro atoms. The van der Waals surface area contributed by atoms with Gasteiger partial charge in [0.1, 0.15) is 5.82 Å². The molecular weight excluding hydrogens is 193 g/mol. The second-order valence-corrected chi connectivity index (χ2v) is 3.60. The minimum absolute atomic E-state index is 0.184. The molecule has 0 amide bonds. The van der Waals surface area contributed by atoms with Gasteiger partial charge in [-0.1, -0.05) is 12.1 Å². The van der Waals surface area contributed by atoms with Crippen molar-refractivity contribution in [1.29, 1.82) is 0 Å². The molecule has 0 aliphatic heterocycles. The van der Waals surface area contributed by atoms with E-state index in [1.165, 1.54) is 12.1 Å². The molecule has 0 saturated heterocycles. The van der Waals surface area contributed by atoms with Crippen LogP contribution in [0.1, 0.15) is 12.0 Å². The second-order valence-electron chi connectivity index (χ2n) is 3.60. The minimum atomic E-state index is -0.184. The summed E-state index contributed by atoms with van der Waals surface area (Å²) < 4.78 is 17.7. The molecule has 1 unspecified atom stereocenters. The van der Waals surface area contributed by atoms with E-state index in [0.717, 1.165) is 25.0 Å². The zero-order valence-corrected chi connectivity index (χ0v) is 9.29. The first-order valence-electron chi connectivity index (χ1n) is 5.17. The Hall–Kier alpha value is -0.930. The number of hydrogen-bond donors (Lipinski definition) is 1. The summed E-state index contributed by atoms with van der Waals surface area (Å²) in [5.74, 6) is -0.184. The third-order valence-corrected chi connectivity index (χ3v) is 2.47. The first-order valence-corrected chi connectivity index (χ1v) is 5.17. The van der Waals surface area contributed by atoms with Gasteiger partial charge in [0.05, 0.1) is 0 Å². The summed E-state index contributed by atoms with van der Waals surface area (Å²) in [5.41, 5.74) is 1.15. The molecule has 0 aromatic heterocycles. The molecule has 0 bridgehead atoms. The Kier molecular flexibility index (Phi) is 5.29. The van der Waals surface area contributed by atoms with Crippen molar-refractivity contribution in [3.8, 4) is 0 Å². The zero-order chi connectivity index (χ0) is 11.1. The van der Waals surface area contributed by atoms with E-state index >= 15 is 0 Å². The maximum atomic E-state index is 12.7. The van der Waals surface area contributed by atoms with E-state index in [1.54, 1.807) is 7.11 Å². The Morgan fingerprint density at radius 2 is 2.00 bits per heavy atom. The number of likely N-dealkylation sites (N-methyl/N-ethyl adjacent to an activating group) is 1. The smallest absolute Gasteiger partial charge is 0.123 e. The molecule has 0 aliphatic rings. The highest BCUT2D eigenvalue weighted by molar-refractivity contribution is 5.17. The summed E-state index contributed by atoms with van der Waals surface area (Å²) in [7, 11) is 3.63. The van der Waals surface area contributed by atoms with Crippen molar-refractivity contribution >= 4 is 0 Å². The average molecular weight is 211 g/mol. The SMILES string of the molecule is CNC(CCOC)Cc1ccc(F)cc1. The molecule has 3 heteroatoms. The number of ether oxygens (including phenoxy) is 1. The summed E-state index contributed by atoms with van der Waals surface area (Å²) in [6.45, 7) is 0.743. The quantitative estimate of drug-likeness (QED) is 0.777. The van der Waals surface area contributed by atoms with E-state index in [0.29, 0.717) is 6.04 Å². The van der Waals surface area contributed by atoms with Crippen LogP contribution in [-0.2, 0) is 11.2 Å². The highest BCUT2D eigenvalue weighted by Crippen LogP contribution is 2.07. The lowest BCUT2D eigenvalue weighted by atomic mass is 10.0. The summed E-state index contributed by atoms with van der Waals surface area (Å²) >= 11 is 0. The minimum Gasteiger partial charge on any atom is -0.385 e. The monoisotopic (exact) mass is 211 g/mol. The Morgan fingerprint density at radius 1 is 1.33 bits per heavy atom. The maximum absolute atomic E-state index is 12.7. The van der Waals surface area contributed by atoms with E-state index in [-0.39, 0.29) is 5.82 Å². The molecule has 0 saturated carbocycles. The molecule has 1 rings (SSSR count). The molecule has 1 N–H and O–H groups in total. The van der Waals surface area contributed by atoms with E-state index < -0.39 is 0 Å². The number of hydrogen-bond acceptors (Lipinski definition) is 2. The highest BCUT2D eigenvalue weighted by Gasteiger charge is 2.06. The summed E-state index contributed by atoms with van der Waals surface area (Å²) in [6.07, 6.45) is 1.87. The Labute approximate surface area is 90.4 Å². The van der Waals surface area contributed by atoms with Crippen LogP contribution in [-0.4, -0.2) is 26.8 Å². The topological polar surface area (TPSA) is 21.3 Å². The lowest BCUT2D eigenvalue weighted by Crippen LogP contribution is -2.28. The van der Waals surface area contributed by atoms with E-state index in [9.17, 15) is 4.39 Å². The molecule has 0 aliphatic carbocycles. The van der Waals surface area contributed by atoms with Crippen LogP contribution < -0.4 is 5.32 Å². The molecule has 15 heavy (non-hydrogen) atoms. The van der Waals surface area contributed by atoms with Crippen LogP contribution in [0.4, 0.5) is 4.39 Å². The Bertz CT molecular complexity index is 273. The molecular formula is C12H18FNO. The van der Waals surface area contributed by atoms with Gasteiger partial charge >= 0.3 is 0 Å². The summed E-state index contributed by atoms with van der Waals surface area (Å²) in [4.78, 5) is 0. The largest absolute Gasteiger partial charge is 0.385 e. The van der Waals surface area contributed by atoms with Gasteiger partial charge in [-0.05, 0) is 37.6 Å². The number of nitrogens with one attached hydrogen (secondary N) is 1. The van der Waals surface area contributed by atoms with Gasteiger partial charge in [0.25, 0.3) is 0 Å². The van der Waals surface area contributed by atoms with Gasteiger partial charge in [0, 0.05) is 19.8 Å². The van der Waals surface area contributed by atoms with Gasteiger partial charge in [-0.25, -0.2) is 4.39 Å². The van der Waals surface area contributed by atoms with Gasteiger partial charge in [-0.3, -0.25) is 0 Å². The average Bonchev–Trinajstić information content (AvgIpc) is 2.27. The number of rotatable bonds is 6. The van der Waals surface area contributed by atoms with Gasteiger partial charge < -0.3 is 10.1 Å². The number of benzene rings is 1. The van der Waals surface area contributed by atoms with Crippen LogP contribution in [0, 0.1) is 5.82 Å². The summed E-state index contributed by atoms with van der Waals surface area (Å²) in [6, 6.07) is 7.03. The molecule has 1 aromatic carbocycles. The molecule has 2 nitrogen and oxygen atoms in total. The number of methoxy groups -OCH3 is 1. The van der Waals surface area contributed by atoms with Crippen molar-refractivity contribution in [2.75, 3.05) is 20.8 Å². The van der Waals surface area contributed by atoms with E-state index in [2.05, 4.69) is 5.32 Å². The van der Waals surface area contributed by atoms with Crippen LogP contribution >= 0.6 is 0 Å². The highest BCUT2D eigenvalue weighted by atomic mass is 19.1. The van der Waals surface area contributed by atoms with Gasteiger partial charge in [-0.15, -0.1) is 0 Å². The maximum Gasteiger partial charge on any atom is 0.123 e. The molecule has 84 valence electrons. The summed E-state index contributed by atoms with van der Waals surface area (Å²) in [5, 5.41) is 3.23. The van der Waals surface area contributed by atoms with Gasteiger partial charge in [0.15, 0.2) is 0 Å². The predicted molar refractivity (Wildman–Crippen MR) is 59.4 cm³/mol. The standard InChI is InChI=1S/C12H18FNO/c1-14-12(7-8-15-2)9-10-3-5-11(13)6-4-10/h3-6,12,14H,7-9H2,1-2H3. The zero-order valence-electron chi connectivity index (χ0n) is 9.29. The van der Waals surface area contributed by atoms with Crippen molar-refractivity contribution in [2.24, 2.45) is 0 Å². The fraction of sp³-hybridized carbons (Fsp3) is 0.500. The molecule has 1 atom stereocenters. The third-order valence-electron chi connectivity index (χ3n) is 2.47. The van der Waals surface area contributed by atoms with Gasteiger partial charge in [-0.2, -0.15) is 0 Å². The van der Waals surface area contributed by atoms with Crippen molar-refractivity contribution in [1.82, 2.24) is 5.32 Å². The van der Waals surface area contributed by atoms with Crippen LogP contribution in [0.25, 0.3) is 0 Å². The lowest BCUT2D eigenvalue weighted by Gasteiger charge is -2.15. The lowest BCUT2D eigenvalue weighted by molar-refractivity contribution is 0.184.